The number of benzene rings is 1. The third-order valence-corrected chi connectivity index (χ3v) is 4.36. The zero-order valence-electron chi connectivity index (χ0n) is 10.9. The van der Waals surface area contributed by atoms with E-state index in [9.17, 15) is 4.79 Å². The Morgan fingerprint density at radius 2 is 1.85 bits per heavy atom. The predicted molar refractivity (Wildman–Crippen MR) is 79.5 cm³/mol. The monoisotopic (exact) mass is 308 g/mol. The smallest absolute Gasteiger partial charge is 0.195 e. The van der Waals surface area contributed by atoms with Crippen LogP contribution in [0, 0.1) is 6.92 Å². The largest absolute Gasteiger partial charge is 0.490 e. The van der Waals surface area contributed by atoms with Gasteiger partial charge in [0.25, 0.3) is 0 Å². The molecule has 0 saturated heterocycles. The van der Waals surface area contributed by atoms with Crippen LogP contribution in [0.5, 0.6) is 11.5 Å². The van der Waals surface area contributed by atoms with Crippen molar-refractivity contribution >= 4 is 28.7 Å². The van der Waals surface area contributed by atoms with Gasteiger partial charge in [-0.15, -0.1) is 0 Å². The number of carbonyl (C=O) groups is 1. The van der Waals surface area contributed by atoms with E-state index in [0.29, 0.717) is 40.9 Å². The molecule has 5 heteroatoms. The van der Waals surface area contributed by atoms with E-state index in [4.69, 9.17) is 21.1 Å². The molecule has 0 spiro atoms. The van der Waals surface area contributed by atoms with Gasteiger partial charge in [-0.05, 0) is 23.9 Å². The molecule has 3 nitrogen and oxygen atoms in total. The number of rotatable bonds is 2. The van der Waals surface area contributed by atoms with E-state index in [-0.39, 0.29) is 5.78 Å². The summed E-state index contributed by atoms with van der Waals surface area (Å²) in [7, 11) is 0. The van der Waals surface area contributed by atoms with Crippen LogP contribution < -0.4 is 9.47 Å². The molecule has 1 aromatic heterocycles. The Balaban J connectivity index is 2.04. The molecule has 1 aromatic carbocycles. The van der Waals surface area contributed by atoms with Gasteiger partial charge < -0.3 is 9.47 Å². The van der Waals surface area contributed by atoms with Gasteiger partial charge in [0.2, 0.25) is 0 Å². The maximum atomic E-state index is 12.5. The first-order chi connectivity index (χ1) is 9.66. The van der Waals surface area contributed by atoms with Crippen LogP contribution in [-0.4, -0.2) is 19.0 Å². The molecule has 0 saturated carbocycles. The SMILES string of the molecule is Cc1cscc1C(=O)c1cc2c(cc1Cl)OCCCO2. The normalized spacial score (nSPS) is 13.9. The van der Waals surface area contributed by atoms with Crippen molar-refractivity contribution in [3.63, 3.8) is 0 Å². The Labute approximate surface area is 126 Å². The highest BCUT2D eigenvalue weighted by Gasteiger charge is 2.20. The van der Waals surface area contributed by atoms with Gasteiger partial charge in [0.15, 0.2) is 17.3 Å². The van der Waals surface area contributed by atoms with Crippen molar-refractivity contribution < 1.29 is 14.3 Å². The Kier molecular flexibility index (Phi) is 3.68. The van der Waals surface area contributed by atoms with Crippen molar-refractivity contribution in [3.05, 3.63) is 44.6 Å². The van der Waals surface area contributed by atoms with E-state index in [0.717, 1.165) is 12.0 Å². The second-order valence-electron chi connectivity index (χ2n) is 4.63. The van der Waals surface area contributed by atoms with Crippen LogP contribution in [0.25, 0.3) is 0 Å². The molecular weight excluding hydrogens is 296 g/mol. The minimum Gasteiger partial charge on any atom is -0.490 e. The van der Waals surface area contributed by atoms with Gasteiger partial charge in [0.1, 0.15) is 0 Å². The fourth-order valence-corrected chi connectivity index (χ4v) is 3.16. The average molecular weight is 309 g/mol. The van der Waals surface area contributed by atoms with E-state index in [1.807, 2.05) is 17.7 Å². The second-order valence-corrected chi connectivity index (χ2v) is 5.78. The third kappa shape index (κ3) is 2.41. The standard InChI is InChI=1S/C15H13ClO3S/c1-9-7-20-8-11(9)15(17)10-5-13-14(6-12(10)16)19-4-2-3-18-13/h5-8H,2-4H2,1H3. The lowest BCUT2D eigenvalue weighted by Crippen LogP contribution is -2.04. The Morgan fingerprint density at radius 3 is 2.50 bits per heavy atom. The molecule has 1 aliphatic heterocycles. The van der Waals surface area contributed by atoms with Crippen LogP contribution in [0.1, 0.15) is 27.9 Å². The fraction of sp³-hybridized carbons (Fsp3) is 0.267. The van der Waals surface area contributed by atoms with E-state index in [2.05, 4.69) is 0 Å². The van der Waals surface area contributed by atoms with Crippen molar-refractivity contribution in [1.29, 1.82) is 0 Å². The molecule has 0 radical (unpaired) electrons. The van der Waals surface area contributed by atoms with Crippen LogP contribution in [0.3, 0.4) is 0 Å². The van der Waals surface area contributed by atoms with E-state index >= 15 is 0 Å². The number of aryl methyl sites for hydroxylation is 1. The lowest BCUT2D eigenvalue weighted by atomic mass is 10.0. The van der Waals surface area contributed by atoms with Gasteiger partial charge in [-0.1, -0.05) is 11.6 Å². The lowest BCUT2D eigenvalue weighted by Gasteiger charge is -2.11. The summed E-state index contributed by atoms with van der Waals surface area (Å²) in [5.41, 5.74) is 2.10. The van der Waals surface area contributed by atoms with Gasteiger partial charge in [-0.3, -0.25) is 4.79 Å². The second kappa shape index (κ2) is 5.46. The van der Waals surface area contributed by atoms with Crippen molar-refractivity contribution in [2.24, 2.45) is 0 Å². The maximum Gasteiger partial charge on any atom is 0.195 e. The highest BCUT2D eigenvalue weighted by Crippen LogP contribution is 2.36. The van der Waals surface area contributed by atoms with Gasteiger partial charge in [0, 0.05) is 29.0 Å². The molecule has 0 unspecified atom stereocenters. The summed E-state index contributed by atoms with van der Waals surface area (Å²) in [4.78, 5) is 12.5. The Bertz CT molecular complexity index is 663. The van der Waals surface area contributed by atoms with E-state index in [1.165, 1.54) is 11.3 Å². The summed E-state index contributed by atoms with van der Waals surface area (Å²) >= 11 is 7.73. The zero-order valence-corrected chi connectivity index (χ0v) is 12.5. The van der Waals surface area contributed by atoms with Gasteiger partial charge in [0.05, 0.1) is 18.2 Å². The summed E-state index contributed by atoms with van der Waals surface area (Å²) in [5.74, 6) is 1.11. The number of hydrogen-bond donors (Lipinski definition) is 0. The number of ketones is 1. The topological polar surface area (TPSA) is 35.5 Å². The molecule has 2 aromatic rings. The summed E-state index contributed by atoms with van der Waals surface area (Å²) in [6.07, 6.45) is 0.819. The minimum atomic E-state index is -0.0793. The van der Waals surface area contributed by atoms with E-state index in [1.54, 1.807) is 12.1 Å². The molecule has 0 N–H and O–H groups in total. The molecule has 104 valence electrons. The summed E-state index contributed by atoms with van der Waals surface area (Å²) < 4.78 is 11.2. The van der Waals surface area contributed by atoms with Crippen LogP contribution in [0.15, 0.2) is 22.9 Å². The van der Waals surface area contributed by atoms with Gasteiger partial charge in [-0.25, -0.2) is 0 Å². The number of thiophene rings is 1. The molecule has 0 fully saturated rings. The molecule has 0 aliphatic carbocycles. The molecule has 0 bridgehead atoms. The van der Waals surface area contributed by atoms with Crippen molar-refractivity contribution in [1.82, 2.24) is 0 Å². The number of hydrogen-bond acceptors (Lipinski definition) is 4. The van der Waals surface area contributed by atoms with Crippen LogP contribution >= 0.6 is 22.9 Å². The first-order valence-electron chi connectivity index (χ1n) is 6.33. The van der Waals surface area contributed by atoms with Crippen molar-refractivity contribution in [2.45, 2.75) is 13.3 Å². The summed E-state index contributed by atoms with van der Waals surface area (Å²) in [5, 5.41) is 4.19. The number of fused-ring (bicyclic) bond motifs is 1. The third-order valence-electron chi connectivity index (χ3n) is 3.18. The molecule has 3 rings (SSSR count). The summed E-state index contributed by atoms with van der Waals surface area (Å²) in [6, 6.07) is 3.35. The number of halogens is 1. The molecule has 2 heterocycles. The van der Waals surface area contributed by atoms with Crippen LogP contribution in [0.4, 0.5) is 0 Å². The average Bonchev–Trinajstić information content (AvgIpc) is 2.72. The van der Waals surface area contributed by atoms with Crippen molar-refractivity contribution in [3.8, 4) is 11.5 Å². The fourth-order valence-electron chi connectivity index (χ4n) is 2.10. The highest BCUT2D eigenvalue weighted by atomic mass is 35.5. The first-order valence-corrected chi connectivity index (χ1v) is 7.65. The first kappa shape index (κ1) is 13.5. The Hall–Kier alpha value is -1.52. The predicted octanol–water partition coefficient (Wildman–Crippen LogP) is 4.10. The van der Waals surface area contributed by atoms with E-state index < -0.39 is 0 Å². The molecule has 0 amide bonds. The van der Waals surface area contributed by atoms with Gasteiger partial charge >= 0.3 is 0 Å². The molecule has 1 aliphatic rings. The number of ether oxygens (including phenoxy) is 2. The molecule has 0 atom stereocenters. The quantitative estimate of drug-likeness (QED) is 0.783. The van der Waals surface area contributed by atoms with Gasteiger partial charge in [-0.2, -0.15) is 11.3 Å². The van der Waals surface area contributed by atoms with Crippen LogP contribution in [0.2, 0.25) is 5.02 Å². The minimum absolute atomic E-state index is 0.0793. The van der Waals surface area contributed by atoms with Crippen molar-refractivity contribution in [2.75, 3.05) is 13.2 Å². The zero-order chi connectivity index (χ0) is 14.1. The molecular formula is C15H13ClO3S. The number of carbonyl (C=O) groups excluding carboxylic acids is 1. The maximum absolute atomic E-state index is 12.5. The summed E-state index contributed by atoms with van der Waals surface area (Å²) in [6.45, 7) is 3.10. The molecule has 20 heavy (non-hydrogen) atoms. The lowest BCUT2D eigenvalue weighted by molar-refractivity contribution is 0.103. The Morgan fingerprint density at radius 1 is 1.15 bits per heavy atom. The highest BCUT2D eigenvalue weighted by molar-refractivity contribution is 7.08. The van der Waals surface area contributed by atoms with Crippen LogP contribution in [-0.2, 0) is 0 Å².